The van der Waals surface area contributed by atoms with Crippen LogP contribution in [0.5, 0.6) is 0 Å². The lowest BCUT2D eigenvalue weighted by molar-refractivity contribution is -0.763. The van der Waals surface area contributed by atoms with Crippen LogP contribution in [-0.2, 0) is 11.3 Å². The number of aromatic nitrogens is 2. The number of rotatable bonds is 2. The maximum absolute atomic E-state index is 5.48. The van der Waals surface area contributed by atoms with Crippen LogP contribution < -0.4 is 4.68 Å². The van der Waals surface area contributed by atoms with Crippen LogP contribution in [0, 0.1) is 0 Å². The smallest absolute Gasteiger partial charge is 0.252 e. The molecule has 0 bridgehead atoms. The van der Waals surface area contributed by atoms with Gasteiger partial charge in [-0.1, -0.05) is 10.8 Å². The fourth-order valence-electron chi connectivity index (χ4n) is 1.36. The van der Waals surface area contributed by atoms with E-state index in [1.54, 1.807) is 0 Å². The Morgan fingerprint density at radius 2 is 2.54 bits per heavy atom. The van der Waals surface area contributed by atoms with Gasteiger partial charge in [-0.15, -0.1) is 4.68 Å². The second-order valence-electron chi connectivity index (χ2n) is 2.83. The Kier molecular flexibility index (Phi) is 2.17. The van der Waals surface area contributed by atoms with Crippen LogP contribution in [0.4, 0.5) is 0 Å². The van der Waals surface area contributed by atoms with Crippen molar-refractivity contribution in [2.24, 2.45) is 0 Å². The predicted molar refractivity (Wildman–Crippen MR) is 49.7 cm³/mol. The van der Waals surface area contributed by atoms with Gasteiger partial charge in [-0.2, -0.15) is 0 Å². The molecule has 2 heterocycles. The monoisotopic (exact) mass is 177 g/mol. The third-order valence-electron chi connectivity index (χ3n) is 2.01. The van der Waals surface area contributed by atoms with Crippen molar-refractivity contribution in [1.82, 2.24) is 4.68 Å². The normalized spacial score (nSPS) is 15.3. The molecule has 1 aliphatic rings. The summed E-state index contributed by atoms with van der Waals surface area (Å²) in [6.45, 7) is 3.71. The predicted octanol–water partition coefficient (Wildman–Crippen LogP) is 1.18. The summed E-state index contributed by atoms with van der Waals surface area (Å²) in [5.41, 5.74) is 0. The average Bonchev–Trinajstić information content (AvgIpc) is 2.67. The van der Waals surface area contributed by atoms with Gasteiger partial charge in [0.25, 0.3) is 5.88 Å². The largest absolute Gasteiger partial charge is 0.471 e. The maximum atomic E-state index is 5.48. The number of hydrogen-bond acceptors (Lipinski definition) is 1. The molecule has 0 radical (unpaired) electrons. The zero-order chi connectivity index (χ0) is 9.10. The molecule has 0 spiro atoms. The van der Waals surface area contributed by atoms with E-state index in [-0.39, 0.29) is 0 Å². The summed E-state index contributed by atoms with van der Waals surface area (Å²) in [7, 11) is 0. The van der Waals surface area contributed by atoms with Gasteiger partial charge in [0, 0.05) is 12.1 Å². The van der Waals surface area contributed by atoms with Crippen molar-refractivity contribution in [3.63, 3.8) is 0 Å². The molecule has 0 fully saturated rings. The molecule has 13 heavy (non-hydrogen) atoms. The summed E-state index contributed by atoms with van der Waals surface area (Å²) in [6.07, 6.45) is 9.99. The first-order valence-electron chi connectivity index (χ1n) is 4.49. The number of allylic oxidation sites excluding steroid dienone is 2. The Morgan fingerprint density at radius 3 is 3.23 bits per heavy atom. The van der Waals surface area contributed by atoms with Gasteiger partial charge in [-0.25, -0.2) is 0 Å². The van der Waals surface area contributed by atoms with Crippen LogP contribution >= 0.6 is 0 Å². The number of hydrogen-bond donors (Lipinski definition) is 0. The lowest BCUT2D eigenvalue weighted by Gasteiger charge is -2.09. The van der Waals surface area contributed by atoms with E-state index in [1.165, 1.54) is 0 Å². The van der Waals surface area contributed by atoms with Gasteiger partial charge in [-0.3, -0.25) is 0 Å². The topological polar surface area (TPSA) is 18.0 Å². The third kappa shape index (κ3) is 1.49. The summed E-state index contributed by atoms with van der Waals surface area (Å²) >= 11 is 0. The third-order valence-corrected chi connectivity index (χ3v) is 2.01. The van der Waals surface area contributed by atoms with Crippen molar-refractivity contribution in [2.75, 3.05) is 6.61 Å². The Morgan fingerprint density at radius 1 is 1.62 bits per heavy atom. The molecule has 0 saturated carbocycles. The lowest BCUT2D eigenvalue weighted by Crippen LogP contribution is -2.41. The van der Waals surface area contributed by atoms with Gasteiger partial charge < -0.3 is 4.74 Å². The van der Waals surface area contributed by atoms with Crippen LogP contribution in [0.1, 0.15) is 6.92 Å². The standard InChI is InChI=1S/C10H13N2O/c1-2-11-7-5-8-12(11)10-6-3-4-9-13-10/h3-8H,2,9H2,1H3/q+1. The van der Waals surface area contributed by atoms with Crippen LogP contribution in [0.25, 0.3) is 5.88 Å². The van der Waals surface area contributed by atoms with E-state index in [9.17, 15) is 0 Å². The molecule has 0 aromatic carbocycles. The molecule has 1 aliphatic heterocycles. The minimum Gasteiger partial charge on any atom is -0.471 e. The van der Waals surface area contributed by atoms with E-state index < -0.39 is 0 Å². The molecule has 0 atom stereocenters. The molecule has 3 nitrogen and oxygen atoms in total. The number of aryl methyl sites for hydroxylation is 1. The summed E-state index contributed by atoms with van der Waals surface area (Å²) in [5.74, 6) is 0.884. The molecule has 2 rings (SSSR count). The highest BCUT2D eigenvalue weighted by Gasteiger charge is 2.11. The Balaban J connectivity index is 2.33. The number of ether oxygens (including phenoxy) is 1. The first-order valence-corrected chi connectivity index (χ1v) is 4.49. The first kappa shape index (κ1) is 8.10. The highest BCUT2D eigenvalue weighted by Crippen LogP contribution is 2.07. The average molecular weight is 177 g/mol. The second kappa shape index (κ2) is 3.47. The Labute approximate surface area is 77.5 Å². The first-order chi connectivity index (χ1) is 6.42. The van der Waals surface area contributed by atoms with E-state index in [2.05, 4.69) is 11.6 Å². The van der Waals surface area contributed by atoms with E-state index in [4.69, 9.17) is 4.74 Å². The lowest BCUT2D eigenvalue weighted by atomic mass is 10.4. The van der Waals surface area contributed by atoms with Crippen molar-refractivity contribution < 1.29 is 9.42 Å². The molecule has 0 N–H and O–H groups in total. The summed E-state index contributed by atoms with van der Waals surface area (Å²) in [6, 6.07) is 2.01. The quantitative estimate of drug-likeness (QED) is 0.620. The fraction of sp³-hybridized carbons (Fsp3) is 0.300. The van der Waals surface area contributed by atoms with Crippen molar-refractivity contribution in [1.29, 1.82) is 0 Å². The van der Waals surface area contributed by atoms with Gasteiger partial charge in [-0.05, 0) is 13.0 Å². The molecule has 1 aromatic heterocycles. The van der Waals surface area contributed by atoms with Crippen molar-refractivity contribution in [2.45, 2.75) is 13.5 Å². The zero-order valence-corrected chi connectivity index (χ0v) is 7.68. The summed E-state index contributed by atoms with van der Waals surface area (Å²) in [5, 5.41) is 0. The van der Waals surface area contributed by atoms with Gasteiger partial charge in [0.2, 0.25) is 0 Å². The highest BCUT2D eigenvalue weighted by molar-refractivity contribution is 5.40. The van der Waals surface area contributed by atoms with Crippen LogP contribution in [0.3, 0.4) is 0 Å². The summed E-state index contributed by atoms with van der Waals surface area (Å²) < 4.78 is 9.57. The van der Waals surface area contributed by atoms with Crippen LogP contribution in [0.2, 0.25) is 0 Å². The van der Waals surface area contributed by atoms with Crippen LogP contribution in [0.15, 0.2) is 36.7 Å². The SMILES string of the molecule is CC[n+]1cccn1C1=CC=CCO1. The van der Waals surface area contributed by atoms with E-state index in [1.807, 2.05) is 41.4 Å². The summed E-state index contributed by atoms with van der Waals surface area (Å²) in [4.78, 5) is 0. The molecule has 0 unspecified atom stereocenters. The molecular formula is C10H13N2O+. The molecule has 68 valence electrons. The zero-order valence-electron chi connectivity index (χ0n) is 7.68. The minimum atomic E-state index is 0.660. The van der Waals surface area contributed by atoms with Crippen molar-refractivity contribution in [3.8, 4) is 0 Å². The Bertz CT molecular complexity index is 350. The number of nitrogens with zero attached hydrogens (tertiary/aromatic N) is 2. The van der Waals surface area contributed by atoms with Gasteiger partial charge in [0.05, 0.1) is 6.20 Å². The van der Waals surface area contributed by atoms with Gasteiger partial charge in [0.15, 0.2) is 12.7 Å². The molecule has 1 aromatic rings. The highest BCUT2D eigenvalue weighted by atomic mass is 16.5. The minimum absolute atomic E-state index is 0.660. The molecule has 3 heteroatoms. The van der Waals surface area contributed by atoms with Crippen molar-refractivity contribution >= 4 is 5.88 Å². The van der Waals surface area contributed by atoms with Crippen LogP contribution in [-0.4, -0.2) is 11.3 Å². The van der Waals surface area contributed by atoms with E-state index in [0.29, 0.717) is 6.61 Å². The Hall–Kier alpha value is -1.51. The molecule has 0 aliphatic carbocycles. The fourth-order valence-corrected chi connectivity index (χ4v) is 1.36. The maximum Gasteiger partial charge on any atom is 0.252 e. The van der Waals surface area contributed by atoms with Gasteiger partial charge in [0.1, 0.15) is 6.61 Å². The second-order valence-corrected chi connectivity index (χ2v) is 2.83. The van der Waals surface area contributed by atoms with Crippen molar-refractivity contribution in [3.05, 3.63) is 36.7 Å². The molecule has 0 amide bonds. The van der Waals surface area contributed by atoms with Gasteiger partial charge >= 0.3 is 0 Å². The van der Waals surface area contributed by atoms with E-state index >= 15 is 0 Å². The molecular weight excluding hydrogens is 164 g/mol. The van der Waals surface area contributed by atoms with E-state index in [0.717, 1.165) is 12.4 Å². The molecule has 0 saturated heterocycles.